The van der Waals surface area contributed by atoms with Crippen molar-refractivity contribution < 1.29 is 8.42 Å². The van der Waals surface area contributed by atoms with Gasteiger partial charge in [-0.15, -0.1) is 0 Å². The van der Waals surface area contributed by atoms with Crippen molar-refractivity contribution in [1.29, 1.82) is 0 Å². The van der Waals surface area contributed by atoms with Crippen molar-refractivity contribution in [2.75, 3.05) is 37.0 Å². The molecule has 1 aliphatic carbocycles. The summed E-state index contributed by atoms with van der Waals surface area (Å²) in [6.07, 6.45) is 8.63. The standard InChI is InChI=1S/C19H24N6O2S/c26-28(27,23-14-3-1-4-14)13-24-7-9-25(10-8-24)17-12-22-19-18(17)15-5-2-6-20-16(15)11-21-19/h2,5-6,11-12,14,20,23H,1,3-4,7-10,13H2. The number of piperazine rings is 1. The highest BCUT2D eigenvalue weighted by molar-refractivity contribution is 7.89. The minimum Gasteiger partial charge on any atom is -0.367 e. The van der Waals surface area contributed by atoms with Crippen LogP contribution in [0.5, 0.6) is 0 Å². The van der Waals surface area contributed by atoms with Crippen LogP contribution in [0.25, 0.3) is 21.9 Å². The lowest BCUT2D eigenvalue weighted by Crippen LogP contribution is -2.51. The Morgan fingerprint density at radius 2 is 1.93 bits per heavy atom. The van der Waals surface area contributed by atoms with Crippen LogP contribution in [0.15, 0.2) is 30.7 Å². The molecule has 1 saturated carbocycles. The largest absolute Gasteiger partial charge is 0.367 e. The zero-order valence-electron chi connectivity index (χ0n) is 15.6. The fourth-order valence-electron chi connectivity index (χ4n) is 4.04. The second kappa shape index (κ2) is 6.98. The highest BCUT2D eigenvalue weighted by atomic mass is 32.2. The molecule has 5 rings (SSSR count). The third-order valence-corrected chi connectivity index (χ3v) is 7.18. The lowest BCUT2D eigenvalue weighted by atomic mass is 9.94. The van der Waals surface area contributed by atoms with Gasteiger partial charge in [0, 0.05) is 43.8 Å². The zero-order valence-corrected chi connectivity index (χ0v) is 16.5. The Balaban J connectivity index is 1.31. The average molecular weight is 401 g/mol. The molecular formula is C19H24N6O2S. The SMILES string of the molecule is O=S(=O)(CN1CCN(c2cnc3ncc4[nH]cccc4c23)CC1)NC1CCC1. The maximum atomic E-state index is 12.3. The number of aromatic nitrogens is 3. The Kier molecular flexibility index (Phi) is 4.45. The number of nitrogens with one attached hydrogen (secondary N) is 2. The Labute approximate surface area is 164 Å². The first kappa shape index (κ1) is 17.8. The summed E-state index contributed by atoms with van der Waals surface area (Å²) in [7, 11) is -3.25. The van der Waals surface area contributed by atoms with Crippen LogP contribution in [-0.4, -0.2) is 66.4 Å². The third-order valence-electron chi connectivity index (χ3n) is 5.78. The summed E-state index contributed by atoms with van der Waals surface area (Å²) in [5.41, 5.74) is 2.80. The minimum atomic E-state index is -3.25. The van der Waals surface area contributed by atoms with Crippen molar-refractivity contribution in [2.24, 2.45) is 0 Å². The molecular weight excluding hydrogens is 376 g/mol. The van der Waals surface area contributed by atoms with E-state index in [9.17, 15) is 8.42 Å². The molecule has 4 heterocycles. The van der Waals surface area contributed by atoms with E-state index in [2.05, 4.69) is 30.6 Å². The number of pyridine rings is 2. The third kappa shape index (κ3) is 3.34. The molecule has 1 aliphatic heterocycles. The highest BCUT2D eigenvalue weighted by Crippen LogP contribution is 2.32. The Morgan fingerprint density at radius 3 is 2.68 bits per heavy atom. The van der Waals surface area contributed by atoms with Gasteiger partial charge in [-0.05, 0) is 18.9 Å². The van der Waals surface area contributed by atoms with Crippen LogP contribution in [0, 0.1) is 0 Å². The van der Waals surface area contributed by atoms with Crippen LogP contribution < -0.4 is 9.62 Å². The number of fused-ring (bicyclic) bond motifs is 3. The normalized spacial score (nSPS) is 19.4. The lowest BCUT2D eigenvalue weighted by Gasteiger charge is -2.36. The first-order chi connectivity index (χ1) is 13.6. The average Bonchev–Trinajstić information content (AvgIpc) is 3.10. The Bertz CT molecular complexity index is 1100. The summed E-state index contributed by atoms with van der Waals surface area (Å²) in [4.78, 5) is 16.5. The monoisotopic (exact) mass is 400 g/mol. The molecule has 0 bridgehead atoms. The molecule has 148 valence electrons. The summed E-state index contributed by atoms with van der Waals surface area (Å²) in [6, 6.07) is 4.21. The molecule has 0 radical (unpaired) electrons. The van der Waals surface area contributed by atoms with Crippen molar-refractivity contribution in [3.8, 4) is 0 Å². The van der Waals surface area contributed by atoms with Gasteiger partial charge in [0.25, 0.3) is 0 Å². The first-order valence-corrected chi connectivity index (χ1v) is 11.4. The molecule has 2 aliphatic rings. The second-order valence-corrected chi connectivity index (χ2v) is 9.42. The molecule has 0 aromatic carbocycles. The van der Waals surface area contributed by atoms with Gasteiger partial charge in [-0.2, -0.15) is 0 Å². The summed E-state index contributed by atoms with van der Waals surface area (Å²) in [5, 5.41) is 2.16. The number of sulfonamides is 1. The number of H-pyrrole nitrogens is 1. The molecule has 0 unspecified atom stereocenters. The van der Waals surface area contributed by atoms with E-state index in [1.807, 2.05) is 29.6 Å². The lowest BCUT2D eigenvalue weighted by molar-refractivity contribution is 0.290. The molecule has 0 spiro atoms. The van der Waals surface area contributed by atoms with Gasteiger partial charge >= 0.3 is 0 Å². The van der Waals surface area contributed by atoms with Crippen molar-refractivity contribution >= 4 is 37.6 Å². The predicted molar refractivity (Wildman–Crippen MR) is 110 cm³/mol. The molecule has 2 fully saturated rings. The number of rotatable bonds is 5. The topological polar surface area (TPSA) is 94.2 Å². The van der Waals surface area contributed by atoms with E-state index >= 15 is 0 Å². The zero-order chi connectivity index (χ0) is 19.1. The van der Waals surface area contributed by atoms with Gasteiger partial charge in [0.2, 0.25) is 10.0 Å². The summed E-state index contributed by atoms with van der Waals surface area (Å²) < 4.78 is 27.5. The number of anilines is 1. The van der Waals surface area contributed by atoms with Crippen molar-refractivity contribution in [3.63, 3.8) is 0 Å². The maximum Gasteiger partial charge on any atom is 0.225 e. The first-order valence-electron chi connectivity index (χ1n) is 9.77. The van der Waals surface area contributed by atoms with E-state index in [-0.39, 0.29) is 11.9 Å². The second-order valence-electron chi connectivity index (χ2n) is 7.69. The van der Waals surface area contributed by atoms with E-state index in [0.29, 0.717) is 13.1 Å². The van der Waals surface area contributed by atoms with E-state index in [0.717, 1.165) is 60.0 Å². The van der Waals surface area contributed by atoms with Gasteiger partial charge in [0.15, 0.2) is 5.65 Å². The van der Waals surface area contributed by atoms with Gasteiger partial charge < -0.3 is 9.88 Å². The molecule has 28 heavy (non-hydrogen) atoms. The van der Waals surface area contributed by atoms with Crippen molar-refractivity contribution in [1.82, 2.24) is 24.6 Å². The minimum absolute atomic E-state index is 0.0802. The van der Waals surface area contributed by atoms with Gasteiger partial charge in [-0.1, -0.05) is 12.5 Å². The van der Waals surface area contributed by atoms with Crippen LogP contribution in [0.3, 0.4) is 0 Å². The summed E-state index contributed by atoms with van der Waals surface area (Å²) in [6.45, 7) is 2.96. The fraction of sp³-hybridized carbons (Fsp3) is 0.474. The summed E-state index contributed by atoms with van der Waals surface area (Å²) >= 11 is 0. The molecule has 0 atom stereocenters. The van der Waals surface area contributed by atoms with Crippen LogP contribution >= 0.6 is 0 Å². The fourth-order valence-corrected chi connectivity index (χ4v) is 5.59. The van der Waals surface area contributed by atoms with Gasteiger partial charge in [0.1, 0.15) is 5.88 Å². The predicted octanol–water partition coefficient (Wildman–Crippen LogP) is 1.66. The van der Waals surface area contributed by atoms with Crippen LogP contribution in [0.4, 0.5) is 5.69 Å². The highest BCUT2D eigenvalue weighted by Gasteiger charge is 2.27. The van der Waals surface area contributed by atoms with Gasteiger partial charge in [0.05, 0.1) is 29.0 Å². The number of nitrogens with zero attached hydrogens (tertiary/aromatic N) is 4. The quantitative estimate of drug-likeness (QED) is 0.677. The summed E-state index contributed by atoms with van der Waals surface area (Å²) in [5.74, 6) is 0.0802. The van der Waals surface area contributed by atoms with Crippen LogP contribution in [0.1, 0.15) is 19.3 Å². The molecule has 1 saturated heterocycles. The molecule has 3 aromatic heterocycles. The maximum absolute atomic E-state index is 12.3. The molecule has 2 N–H and O–H groups in total. The Hall–Kier alpha value is -2.23. The molecule has 0 amide bonds. The Morgan fingerprint density at radius 1 is 1.14 bits per heavy atom. The van der Waals surface area contributed by atoms with Crippen LogP contribution in [-0.2, 0) is 10.0 Å². The van der Waals surface area contributed by atoms with Crippen molar-refractivity contribution in [2.45, 2.75) is 25.3 Å². The van der Waals surface area contributed by atoms with E-state index < -0.39 is 10.0 Å². The van der Waals surface area contributed by atoms with Crippen LogP contribution in [0.2, 0.25) is 0 Å². The van der Waals surface area contributed by atoms with E-state index in [1.54, 1.807) is 0 Å². The number of hydrogen-bond acceptors (Lipinski definition) is 6. The van der Waals surface area contributed by atoms with E-state index in [1.165, 1.54) is 0 Å². The van der Waals surface area contributed by atoms with Gasteiger partial charge in [-0.25, -0.2) is 23.1 Å². The smallest absolute Gasteiger partial charge is 0.225 e. The van der Waals surface area contributed by atoms with Crippen molar-refractivity contribution in [3.05, 3.63) is 30.7 Å². The molecule has 3 aromatic rings. The van der Waals surface area contributed by atoms with E-state index in [4.69, 9.17) is 0 Å². The molecule has 8 nitrogen and oxygen atoms in total. The number of aromatic amines is 1. The molecule has 9 heteroatoms. The van der Waals surface area contributed by atoms with Gasteiger partial charge in [-0.3, -0.25) is 4.90 Å². The number of hydrogen-bond donors (Lipinski definition) is 2.